The number of allylic oxidation sites excluding steroid dienone is 6. The van der Waals surface area contributed by atoms with Gasteiger partial charge in [0.25, 0.3) is 0 Å². The first-order chi connectivity index (χ1) is 16.7. The summed E-state index contributed by atoms with van der Waals surface area (Å²) in [6.45, 7) is 17.2. The maximum absolute atomic E-state index is 12.5. The van der Waals surface area contributed by atoms with E-state index in [4.69, 9.17) is 6.42 Å². The standard InChI is InChI=1S/C33H44N2O/c1-12-15-26-24(13-2)32(6,7)28(34(26)10)16-14-17-29-33(8,9)25-22-23(18-20-27(25)35(29)11)19-21-30(36)31(3,4)5/h1,13-18,20,22,28H,19,21H2,2-11H3/b16-14+,24-13+,26-15?,29-17+. The van der Waals surface area contributed by atoms with E-state index in [1.807, 2.05) is 26.8 Å². The summed E-state index contributed by atoms with van der Waals surface area (Å²) in [5, 5.41) is 0. The Labute approximate surface area is 219 Å². The molecule has 1 fully saturated rings. The predicted molar refractivity (Wildman–Crippen MR) is 154 cm³/mol. The minimum atomic E-state index is -0.286. The zero-order valence-electron chi connectivity index (χ0n) is 24.0. The molecule has 1 unspecified atom stereocenters. The number of terminal acetylenes is 1. The molecule has 0 bridgehead atoms. The molecule has 2 heterocycles. The number of fused-ring (bicyclic) bond motifs is 1. The summed E-state index contributed by atoms with van der Waals surface area (Å²) < 4.78 is 0. The Kier molecular flexibility index (Phi) is 7.52. The lowest BCUT2D eigenvalue weighted by atomic mass is 9.79. The van der Waals surface area contributed by atoms with E-state index in [1.165, 1.54) is 28.1 Å². The molecule has 1 atom stereocenters. The Morgan fingerprint density at radius 1 is 1.17 bits per heavy atom. The average molecular weight is 485 g/mol. The van der Waals surface area contributed by atoms with E-state index in [0.717, 1.165) is 12.1 Å². The Morgan fingerprint density at radius 3 is 2.42 bits per heavy atom. The van der Waals surface area contributed by atoms with Gasteiger partial charge in [-0.1, -0.05) is 84.7 Å². The van der Waals surface area contributed by atoms with Crippen LogP contribution in [0, 0.1) is 23.2 Å². The molecule has 0 aromatic heterocycles. The van der Waals surface area contributed by atoms with Crippen LogP contribution in [-0.2, 0) is 16.6 Å². The van der Waals surface area contributed by atoms with Crippen molar-refractivity contribution in [3.8, 4) is 12.3 Å². The summed E-state index contributed by atoms with van der Waals surface area (Å²) in [6, 6.07) is 6.90. The number of ketones is 1. The van der Waals surface area contributed by atoms with Crippen LogP contribution in [0.5, 0.6) is 0 Å². The van der Waals surface area contributed by atoms with E-state index >= 15 is 0 Å². The zero-order chi connectivity index (χ0) is 27.1. The zero-order valence-corrected chi connectivity index (χ0v) is 24.0. The van der Waals surface area contributed by atoms with Crippen molar-refractivity contribution in [2.45, 2.75) is 79.7 Å². The van der Waals surface area contributed by atoms with Crippen LogP contribution in [0.1, 0.15) is 72.9 Å². The molecule has 3 heteroatoms. The Hall–Kier alpha value is -2.99. The van der Waals surface area contributed by atoms with E-state index in [-0.39, 0.29) is 22.3 Å². The molecule has 3 rings (SSSR count). The van der Waals surface area contributed by atoms with Crippen molar-refractivity contribution in [3.63, 3.8) is 0 Å². The number of benzene rings is 1. The molecule has 0 aliphatic carbocycles. The van der Waals surface area contributed by atoms with Crippen LogP contribution in [0.3, 0.4) is 0 Å². The molecule has 0 N–H and O–H groups in total. The smallest absolute Gasteiger partial charge is 0.138 e. The van der Waals surface area contributed by atoms with E-state index < -0.39 is 0 Å². The highest BCUT2D eigenvalue weighted by atomic mass is 16.1. The maximum Gasteiger partial charge on any atom is 0.138 e. The molecule has 2 aliphatic heterocycles. The summed E-state index contributed by atoms with van der Waals surface area (Å²) in [6.07, 6.45) is 17.8. The first kappa shape index (κ1) is 27.6. The first-order valence-electron chi connectivity index (χ1n) is 13.0. The molecule has 36 heavy (non-hydrogen) atoms. The van der Waals surface area contributed by atoms with Gasteiger partial charge in [-0.3, -0.25) is 4.79 Å². The fourth-order valence-corrected chi connectivity index (χ4v) is 5.89. The van der Waals surface area contributed by atoms with Crippen LogP contribution in [-0.4, -0.2) is 30.8 Å². The molecule has 3 nitrogen and oxygen atoms in total. The van der Waals surface area contributed by atoms with Crippen molar-refractivity contribution >= 4 is 11.5 Å². The monoisotopic (exact) mass is 484 g/mol. The van der Waals surface area contributed by atoms with Crippen LogP contribution < -0.4 is 4.90 Å². The quantitative estimate of drug-likeness (QED) is 0.413. The van der Waals surface area contributed by atoms with Gasteiger partial charge in [-0.05, 0) is 42.2 Å². The van der Waals surface area contributed by atoms with Gasteiger partial charge in [-0.2, -0.15) is 0 Å². The molecule has 1 saturated heterocycles. The third-order valence-electron chi connectivity index (χ3n) is 8.14. The number of likely N-dealkylation sites (N-methyl/N-ethyl adjacent to an activating group) is 2. The minimum absolute atomic E-state index is 0.0410. The van der Waals surface area contributed by atoms with Gasteiger partial charge in [0.1, 0.15) is 5.78 Å². The number of likely N-dealkylation sites (tertiary alicyclic amines) is 1. The highest BCUT2D eigenvalue weighted by molar-refractivity contribution is 5.83. The number of hydrogen-bond acceptors (Lipinski definition) is 3. The maximum atomic E-state index is 12.5. The van der Waals surface area contributed by atoms with Gasteiger partial charge in [-0.15, -0.1) is 6.42 Å². The molecule has 2 aliphatic rings. The lowest BCUT2D eigenvalue weighted by Crippen LogP contribution is -2.32. The van der Waals surface area contributed by atoms with Crippen molar-refractivity contribution in [1.29, 1.82) is 0 Å². The molecule has 0 spiro atoms. The number of anilines is 1. The van der Waals surface area contributed by atoms with Gasteiger partial charge >= 0.3 is 0 Å². The topological polar surface area (TPSA) is 23.6 Å². The fraction of sp³-hybridized carbons (Fsp3) is 0.485. The largest absolute Gasteiger partial charge is 0.367 e. The lowest BCUT2D eigenvalue weighted by Gasteiger charge is -2.28. The predicted octanol–water partition coefficient (Wildman–Crippen LogP) is 7.21. The average Bonchev–Trinajstić information content (AvgIpc) is 3.09. The van der Waals surface area contributed by atoms with Crippen LogP contribution in [0.15, 0.2) is 65.5 Å². The summed E-state index contributed by atoms with van der Waals surface area (Å²) in [4.78, 5) is 17.0. The summed E-state index contributed by atoms with van der Waals surface area (Å²) in [7, 11) is 4.27. The highest BCUT2D eigenvalue weighted by Gasteiger charge is 2.44. The molecule has 1 aromatic carbocycles. The molecule has 0 radical (unpaired) electrons. The number of carbonyl (C=O) groups excluding carboxylic acids is 1. The summed E-state index contributed by atoms with van der Waals surface area (Å²) >= 11 is 0. The second-order valence-electron chi connectivity index (χ2n) is 12.3. The van der Waals surface area contributed by atoms with Crippen molar-refractivity contribution in [2.24, 2.45) is 10.8 Å². The van der Waals surface area contributed by atoms with Crippen LogP contribution in [0.25, 0.3) is 0 Å². The Bertz CT molecular complexity index is 1190. The molecule has 0 amide bonds. The van der Waals surface area contributed by atoms with E-state index in [1.54, 1.807) is 0 Å². The van der Waals surface area contributed by atoms with Gasteiger partial charge in [0.05, 0.1) is 6.04 Å². The number of rotatable bonds is 5. The minimum Gasteiger partial charge on any atom is -0.367 e. The van der Waals surface area contributed by atoms with Gasteiger partial charge in [0.2, 0.25) is 0 Å². The van der Waals surface area contributed by atoms with E-state index in [2.05, 4.69) is 107 Å². The van der Waals surface area contributed by atoms with Crippen LogP contribution in [0.2, 0.25) is 0 Å². The summed E-state index contributed by atoms with van der Waals surface area (Å²) in [5.41, 5.74) is 7.00. The molecular formula is C33H44N2O. The SMILES string of the molecule is C#CC=C1/C(=C\C)C(C)(C)C(/C=C/C=C2/N(C)c3ccc(CCC(=O)C(C)(C)C)cc3C2(C)C)N1C. The third kappa shape index (κ3) is 4.83. The first-order valence-corrected chi connectivity index (χ1v) is 13.0. The fourth-order valence-electron chi connectivity index (χ4n) is 5.89. The highest BCUT2D eigenvalue weighted by Crippen LogP contribution is 2.48. The molecular weight excluding hydrogens is 440 g/mol. The molecule has 192 valence electrons. The number of Topliss-reactive ketones (excluding diaryl/α,β-unsaturated/α-hetero) is 1. The Morgan fingerprint density at radius 2 is 1.83 bits per heavy atom. The second-order valence-corrected chi connectivity index (χ2v) is 12.3. The number of carbonyl (C=O) groups is 1. The lowest BCUT2D eigenvalue weighted by molar-refractivity contribution is -0.126. The van der Waals surface area contributed by atoms with Crippen molar-refractivity contribution in [1.82, 2.24) is 4.90 Å². The number of nitrogens with zero attached hydrogens (tertiary/aromatic N) is 2. The Balaban J connectivity index is 1.87. The van der Waals surface area contributed by atoms with Crippen LogP contribution in [0.4, 0.5) is 5.69 Å². The van der Waals surface area contributed by atoms with E-state index in [9.17, 15) is 4.79 Å². The van der Waals surface area contributed by atoms with Crippen molar-refractivity contribution < 1.29 is 4.79 Å². The van der Waals surface area contributed by atoms with Crippen LogP contribution >= 0.6 is 0 Å². The molecule has 0 saturated carbocycles. The van der Waals surface area contributed by atoms with Gasteiger partial charge in [0, 0.05) is 59.9 Å². The van der Waals surface area contributed by atoms with Gasteiger partial charge in [-0.25, -0.2) is 0 Å². The number of hydrogen-bond donors (Lipinski definition) is 0. The molecule has 1 aromatic rings. The van der Waals surface area contributed by atoms with E-state index in [0.29, 0.717) is 12.2 Å². The summed E-state index contributed by atoms with van der Waals surface area (Å²) in [5.74, 6) is 3.02. The van der Waals surface area contributed by atoms with Crippen molar-refractivity contribution in [2.75, 3.05) is 19.0 Å². The van der Waals surface area contributed by atoms with Gasteiger partial charge < -0.3 is 9.80 Å². The van der Waals surface area contributed by atoms with Crippen molar-refractivity contribution in [3.05, 3.63) is 76.7 Å². The normalized spacial score (nSPS) is 24.2. The number of aryl methyl sites for hydroxylation is 1. The third-order valence-corrected chi connectivity index (χ3v) is 8.14. The van der Waals surface area contributed by atoms with Gasteiger partial charge in [0.15, 0.2) is 0 Å². The second kappa shape index (κ2) is 9.81.